The van der Waals surface area contributed by atoms with Gasteiger partial charge in [0.15, 0.2) is 12.2 Å². The Labute approximate surface area is 696 Å². The first-order chi connectivity index (χ1) is 54.9. The number of hydrogen-bond donors (Lipinski definition) is 3. The Morgan fingerprint density at radius 1 is 0.257 bits per heavy atom. The number of hydrogen-bond acceptors (Lipinski definition) is 15. The van der Waals surface area contributed by atoms with E-state index in [9.17, 15) is 43.2 Å². The standard InChI is InChI=1S/C94H184O17P2/c1-7-10-12-14-16-18-20-22-24-26-28-30-35-39-43-47-51-58-64-70-76-91(96)104-82-89(110-93(98)78-72-67-61-53-49-45-41-37-33-32-34-38-42-46-50-57-63-69-75-87(6)9-3)84-108-112(100,101)106-80-88(95)81-107-113(102,103)109-85-90(83-105-92(97)77-71-65-59-55-54-56-62-68-74-86(4)5)111-94(99)79-73-66-60-52-48-44-40-36-31-29-27-25-23-21-19-17-15-13-11-8-2/h86-90,95H,7-85H2,1-6H3,(H,100,101)(H,102,103)/t87?,88-,89-,90-/m1/s1. The van der Waals surface area contributed by atoms with Gasteiger partial charge in [-0.3, -0.25) is 37.3 Å². The number of esters is 4. The lowest BCUT2D eigenvalue weighted by Crippen LogP contribution is -2.30. The monoisotopic (exact) mass is 1650 g/mol. The zero-order valence-corrected chi connectivity index (χ0v) is 76.5. The maximum atomic E-state index is 13.2. The van der Waals surface area contributed by atoms with Crippen LogP contribution in [0.25, 0.3) is 0 Å². The minimum Gasteiger partial charge on any atom is -0.462 e. The van der Waals surface area contributed by atoms with Crippen molar-refractivity contribution < 1.29 is 80.2 Å². The van der Waals surface area contributed by atoms with Gasteiger partial charge in [0.1, 0.15) is 19.3 Å². The third-order valence-corrected chi connectivity index (χ3v) is 24.5. The molecule has 0 rings (SSSR count). The Morgan fingerprint density at radius 3 is 0.673 bits per heavy atom. The molecule has 0 aromatic carbocycles. The minimum absolute atomic E-state index is 0.109. The van der Waals surface area contributed by atoms with E-state index in [2.05, 4.69) is 41.5 Å². The highest BCUT2D eigenvalue weighted by atomic mass is 31.2. The first-order valence-electron chi connectivity index (χ1n) is 48.5. The molecule has 17 nitrogen and oxygen atoms in total. The molecule has 113 heavy (non-hydrogen) atoms. The fourth-order valence-corrected chi connectivity index (χ4v) is 16.4. The Morgan fingerprint density at radius 2 is 0.451 bits per heavy atom. The number of carbonyl (C=O) groups is 4. The van der Waals surface area contributed by atoms with Gasteiger partial charge in [-0.25, -0.2) is 9.13 Å². The molecule has 672 valence electrons. The molecule has 0 heterocycles. The van der Waals surface area contributed by atoms with E-state index in [-0.39, 0.29) is 25.7 Å². The van der Waals surface area contributed by atoms with Crippen molar-refractivity contribution in [1.82, 2.24) is 0 Å². The van der Waals surface area contributed by atoms with Gasteiger partial charge in [0.2, 0.25) is 0 Å². The molecule has 0 fully saturated rings. The van der Waals surface area contributed by atoms with Crippen molar-refractivity contribution in [2.24, 2.45) is 11.8 Å². The number of rotatable bonds is 93. The van der Waals surface area contributed by atoms with Crippen LogP contribution in [-0.4, -0.2) is 96.7 Å². The molecular formula is C94H184O17P2. The van der Waals surface area contributed by atoms with Crippen LogP contribution in [0.1, 0.15) is 510 Å². The smallest absolute Gasteiger partial charge is 0.462 e. The van der Waals surface area contributed by atoms with Crippen molar-refractivity contribution in [3.05, 3.63) is 0 Å². The Bertz CT molecular complexity index is 2150. The zero-order valence-electron chi connectivity index (χ0n) is 74.7. The van der Waals surface area contributed by atoms with E-state index in [0.717, 1.165) is 102 Å². The van der Waals surface area contributed by atoms with Crippen molar-refractivity contribution in [2.45, 2.75) is 529 Å². The van der Waals surface area contributed by atoms with Crippen molar-refractivity contribution in [2.75, 3.05) is 39.6 Å². The normalized spacial score (nSPS) is 13.9. The highest BCUT2D eigenvalue weighted by Gasteiger charge is 2.31. The maximum absolute atomic E-state index is 13.2. The summed E-state index contributed by atoms with van der Waals surface area (Å²) in [5.41, 5.74) is 0. The molecule has 3 unspecified atom stereocenters. The van der Waals surface area contributed by atoms with Crippen LogP contribution in [0.5, 0.6) is 0 Å². The molecule has 0 aliphatic rings. The molecule has 19 heteroatoms. The number of aliphatic hydroxyl groups excluding tert-OH is 1. The van der Waals surface area contributed by atoms with E-state index in [1.54, 1.807) is 0 Å². The number of aliphatic hydroxyl groups is 1. The molecule has 0 bridgehead atoms. The summed E-state index contributed by atoms with van der Waals surface area (Å²) in [5.74, 6) is -0.497. The van der Waals surface area contributed by atoms with Crippen LogP contribution in [0.2, 0.25) is 0 Å². The molecule has 0 saturated heterocycles. The highest BCUT2D eigenvalue weighted by molar-refractivity contribution is 7.47. The lowest BCUT2D eigenvalue weighted by atomic mass is 9.99. The van der Waals surface area contributed by atoms with E-state index >= 15 is 0 Å². The van der Waals surface area contributed by atoms with Crippen LogP contribution >= 0.6 is 15.6 Å². The molecule has 6 atom stereocenters. The first-order valence-corrected chi connectivity index (χ1v) is 51.5. The Kier molecular flexibility index (Phi) is 83.6. The van der Waals surface area contributed by atoms with Gasteiger partial charge in [0.05, 0.1) is 26.4 Å². The van der Waals surface area contributed by atoms with Gasteiger partial charge in [0.25, 0.3) is 0 Å². The van der Waals surface area contributed by atoms with Gasteiger partial charge in [0, 0.05) is 25.7 Å². The predicted molar refractivity (Wildman–Crippen MR) is 469 cm³/mol. The minimum atomic E-state index is -4.97. The molecule has 0 saturated carbocycles. The van der Waals surface area contributed by atoms with Gasteiger partial charge in [-0.05, 0) is 37.5 Å². The third-order valence-electron chi connectivity index (χ3n) is 22.6. The van der Waals surface area contributed by atoms with Gasteiger partial charge in [-0.2, -0.15) is 0 Å². The largest absolute Gasteiger partial charge is 0.472 e. The zero-order chi connectivity index (χ0) is 82.7. The summed E-state index contributed by atoms with van der Waals surface area (Å²) in [6, 6.07) is 0. The molecule has 0 aromatic heterocycles. The molecule has 0 spiro atoms. The molecule has 3 N–H and O–H groups in total. The SMILES string of the molecule is CCCCCCCCCCCCCCCCCCCCCCC(=O)OC[C@H](COP(=O)(O)OC[C@@H](O)COP(=O)(O)OC[C@@H](COC(=O)CCCCCCCCCCC(C)C)OC(=O)CCCCCCCCCCCCCCCCCCCCCC)OC(=O)CCCCCCCCCCCCCCCCCCCCC(C)CC. The van der Waals surface area contributed by atoms with Crippen molar-refractivity contribution in [3.8, 4) is 0 Å². The van der Waals surface area contributed by atoms with E-state index in [0.29, 0.717) is 25.7 Å². The summed E-state index contributed by atoms with van der Waals surface area (Å²) in [4.78, 5) is 73.5. The summed E-state index contributed by atoms with van der Waals surface area (Å²) in [5, 5.41) is 10.7. The number of carbonyl (C=O) groups excluding carboxylic acids is 4. The van der Waals surface area contributed by atoms with Crippen molar-refractivity contribution in [3.63, 3.8) is 0 Å². The van der Waals surface area contributed by atoms with Gasteiger partial charge < -0.3 is 33.8 Å². The van der Waals surface area contributed by atoms with Crippen molar-refractivity contribution >= 4 is 39.5 Å². The second-order valence-electron chi connectivity index (χ2n) is 34.5. The lowest BCUT2D eigenvalue weighted by Gasteiger charge is -2.21. The van der Waals surface area contributed by atoms with Crippen LogP contribution in [0.3, 0.4) is 0 Å². The summed E-state index contributed by atoms with van der Waals surface area (Å²) in [7, 11) is -9.94. The van der Waals surface area contributed by atoms with E-state index in [4.69, 9.17) is 37.0 Å². The quantitative estimate of drug-likeness (QED) is 0.0222. The summed E-state index contributed by atoms with van der Waals surface area (Å²) in [6.45, 7) is 9.75. The summed E-state index contributed by atoms with van der Waals surface area (Å²) in [6.07, 6.45) is 80.8. The lowest BCUT2D eigenvalue weighted by molar-refractivity contribution is -0.161. The average molecular weight is 1650 g/mol. The van der Waals surface area contributed by atoms with Crippen molar-refractivity contribution in [1.29, 1.82) is 0 Å². The van der Waals surface area contributed by atoms with Gasteiger partial charge in [-0.1, -0.05) is 459 Å². The number of unbranched alkanes of at least 4 members (excludes halogenated alkanes) is 62. The topological polar surface area (TPSA) is 237 Å². The Balaban J connectivity index is 5.23. The second-order valence-corrected chi connectivity index (χ2v) is 37.4. The molecule has 0 amide bonds. The molecule has 0 aromatic rings. The maximum Gasteiger partial charge on any atom is 0.472 e. The predicted octanol–water partition coefficient (Wildman–Crippen LogP) is 29.4. The summed E-state index contributed by atoms with van der Waals surface area (Å²) < 4.78 is 69.2. The third kappa shape index (κ3) is 86.3. The number of phosphoric ester groups is 2. The molecule has 0 aliphatic carbocycles. The van der Waals surface area contributed by atoms with Crippen LogP contribution in [0.4, 0.5) is 0 Å². The first kappa shape index (κ1) is 111. The molecule has 0 aliphatic heterocycles. The Hall–Kier alpha value is -1.94. The van der Waals surface area contributed by atoms with Gasteiger partial charge in [-0.15, -0.1) is 0 Å². The highest BCUT2D eigenvalue weighted by Crippen LogP contribution is 2.45. The fraction of sp³-hybridized carbons (Fsp3) is 0.957. The van der Waals surface area contributed by atoms with Crippen LogP contribution in [0, 0.1) is 11.8 Å². The molecule has 0 radical (unpaired) electrons. The van der Waals surface area contributed by atoms with E-state index < -0.39 is 97.5 Å². The molecular weight excluding hydrogens is 1460 g/mol. The van der Waals surface area contributed by atoms with E-state index in [1.807, 2.05) is 0 Å². The van der Waals surface area contributed by atoms with Gasteiger partial charge >= 0.3 is 39.5 Å². The summed E-state index contributed by atoms with van der Waals surface area (Å²) >= 11 is 0. The number of phosphoric acid groups is 2. The second kappa shape index (κ2) is 85.1. The fourth-order valence-electron chi connectivity index (χ4n) is 14.8. The number of ether oxygens (including phenoxy) is 4. The average Bonchev–Trinajstić information content (AvgIpc) is 0.900. The van der Waals surface area contributed by atoms with E-state index in [1.165, 1.54) is 327 Å². The van der Waals surface area contributed by atoms with Crippen LogP contribution in [0.15, 0.2) is 0 Å². The van der Waals surface area contributed by atoms with Crippen LogP contribution < -0.4 is 0 Å². The van der Waals surface area contributed by atoms with Crippen LogP contribution in [-0.2, 0) is 65.4 Å².